The molecule has 1 saturated heterocycles. The van der Waals surface area contributed by atoms with Crippen molar-refractivity contribution in [1.82, 2.24) is 0 Å². The van der Waals surface area contributed by atoms with E-state index in [0.717, 1.165) is 5.56 Å². The lowest BCUT2D eigenvalue weighted by Gasteiger charge is -2.19. The summed E-state index contributed by atoms with van der Waals surface area (Å²) >= 11 is 0. The van der Waals surface area contributed by atoms with Crippen LogP contribution in [0.5, 0.6) is 5.75 Å². The molecule has 0 N–H and O–H groups in total. The van der Waals surface area contributed by atoms with E-state index in [-0.39, 0.29) is 12.4 Å². The topological polar surface area (TPSA) is 40.8 Å². The zero-order valence-corrected chi connectivity index (χ0v) is 11.1. The van der Waals surface area contributed by atoms with E-state index in [1.165, 1.54) is 12.1 Å². The fraction of sp³-hybridized carbons (Fsp3) is 0.333. The van der Waals surface area contributed by atoms with E-state index in [9.17, 15) is 4.39 Å². The van der Waals surface area contributed by atoms with Crippen molar-refractivity contribution in [1.29, 1.82) is 0 Å². The van der Waals surface area contributed by atoms with Crippen molar-refractivity contribution in [3.8, 4) is 5.75 Å². The summed E-state index contributed by atoms with van der Waals surface area (Å²) in [6, 6.07) is 7.69. The third-order valence-corrected chi connectivity index (χ3v) is 3.21. The summed E-state index contributed by atoms with van der Waals surface area (Å²) in [5.41, 5.74) is 0.827. The van der Waals surface area contributed by atoms with Crippen molar-refractivity contribution in [2.45, 2.75) is 19.3 Å². The Morgan fingerprint density at radius 1 is 1.20 bits per heavy atom. The molecule has 1 fully saturated rings. The van der Waals surface area contributed by atoms with Gasteiger partial charge in [-0.2, -0.15) is 0 Å². The molecule has 1 aromatic heterocycles. The highest BCUT2D eigenvalue weighted by Crippen LogP contribution is 2.32. The maximum atomic E-state index is 12.8. The Bertz CT molecular complexity index is 570. The molecule has 5 heteroatoms. The minimum atomic E-state index is -0.738. The number of rotatable bonds is 4. The second-order valence-electron chi connectivity index (χ2n) is 4.69. The van der Waals surface area contributed by atoms with Crippen LogP contribution in [0.4, 0.5) is 4.39 Å². The fourth-order valence-corrected chi connectivity index (χ4v) is 2.06. The normalized spacial score (nSPS) is 17.3. The van der Waals surface area contributed by atoms with Crippen LogP contribution in [0.3, 0.4) is 0 Å². The first-order chi connectivity index (χ1) is 9.66. The van der Waals surface area contributed by atoms with Crippen LogP contribution in [-0.4, -0.2) is 13.2 Å². The molecule has 106 valence electrons. The van der Waals surface area contributed by atoms with Crippen LogP contribution in [0.15, 0.2) is 41.0 Å². The van der Waals surface area contributed by atoms with E-state index < -0.39 is 5.79 Å². The maximum absolute atomic E-state index is 12.8. The molecule has 0 atom stereocenters. The van der Waals surface area contributed by atoms with Gasteiger partial charge >= 0.3 is 0 Å². The van der Waals surface area contributed by atoms with Gasteiger partial charge in [-0.25, -0.2) is 4.39 Å². The first-order valence-corrected chi connectivity index (χ1v) is 6.40. The Balaban J connectivity index is 1.64. The highest BCUT2D eigenvalue weighted by Gasteiger charge is 2.34. The van der Waals surface area contributed by atoms with Crippen LogP contribution in [0.1, 0.15) is 18.2 Å². The first kappa shape index (κ1) is 13.1. The van der Waals surface area contributed by atoms with Gasteiger partial charge in [-0.1, -0.05) is 0 Å². The van der Waals surface area contributed by atoms with Gasteiger partial charge in [0.15, 0.2) is 5.79 Å². The number of hydrogen-bond donors (Lipinski definition) is 0. The summed E-state index contributed by atoms with van der Waals surface area (Å²) in [6.07, 6.45) is 1.61. The highest BCUT2D eigenvalue weighted by molar-refractivity contribution is 5.23. The molecule has 0 aliphatic carbocycles. The van der Waals surface area contributed by atoms with Gasteiger partial charge in [-0.05, 0) is 37.3 Å². The minimum absolute atomic E-state index is 0.266. The molecule has 3 rings (SSSR count). The zero-order valence-electron chi connectivity index (χ0n) is 11.1. The van der Waals surface area contributed by atoms with E-state index in [4.69, 9.17) is 18.6 Å². The van der Waals surface area contributed by atoms with E-state index in [0.29, 0.717) is 24.7 Å². The van der Waals surface area contributed by atoms with Crippen LogP contribution in [0, 0.1) is 5.82 Å². The Morgan fingerprint density at radius 3 is 2.60 bits per heavy atom. The number of ether oxygens (including phenoxy) is 3. The number of furan rings is 1. The highest BCUT2D eigenvalue weighted by atomic mass is 19.1. The Labute approximate surface area is 116 Å². The van der Waals surface area contributed by atoms with Crippen molar-refractivity contribution in [2.75, 3.05) is 13.2 Å². The first-order valence-electron chi connectivity index (χ1n) is 6.40. The predicted molar refractivity (Wildman–Crippen MR) is 68.7 cm³/mol. The molecule has 20 heavy (non-hydrogen) atoms. The predicted octanol–water partition coefficient (Wildman–Crippen LogP) is 3.22. The molecular formula is C15H15FO4. The van der Waals surface area contributed by atoms with Crippen LogP contribution in [0.25, 0.3) is 0 Å². The van der Waals surface area contributed by atoms with Gasteiger partial charge < -0.3 is 18.6 Å². The third-order valence-electron chi connectivity index (χ3n) is 3.21. The van der Waals surface area contributed by atoms with Crippen LogP contribution in [0.2, 0.25) is 0 Å². The van der Waals surface area contributed by atoms with Gasteiger partial charge in [0, 0.05) is 5.56 Å². The molecule has 4 nitrogen and oxygen atoms in total. The second kappa shape index (κ2) is 5.26. The molecule has 0 spiro atoms. The quantitative estimate of drug-likeness (QED) is 0.861. The Morgan fingerprint density at radius 2 is 1.90 bits per heavy atom. The van der Waals surface area contributed by atoms with E-state index in [2.05, 4.69) is 0 Å². The summed E-state index contributed by atoms with van der Waals surface area (Å²) in [6.45, 7) is 3.27. The molecule has 1 aromatic carbocycles. The molecule has 2 aromatic rings. The fourth-order valence-electron chi connectivity index (χ4n) is 2.06. The maximum Gasteiger partial charge on any atom is 0.195 e. The summed E-state index contributed by atoms with van der Waals surface area (Å²) in [4.78, 5) is 0. The summed E-state index contributed by atoms with van der Waals surface area (Å²) < 4.78 is 34.8. The van der Waals surface area contributed by atoms with Gasteiger partial charge in [-0.15, -0.1) is 0 Å². The molecular weight excluding hydrogens is 263 g/mol. The van der Waals surface area contributed by atoms with E-state index in [1.54, 1.807) is 18.4 Å². The van der Waals surface area contributed by atoms with Crippen LogP contribution < -0.4 is 4.74 Å². The summed E-state index contributed by atoms with van der Waals surface area (Å²) in [5.74, 6) is 0.215. The molecule has 0 radical (unpaired) electrons. The van der Waals surface area contributed by atoms with Crippen LogP contribution >= 0.6 is 0 Å². The lowest BCUT2D eigenvalue weighted by molar-refractivity contribution is -0.150. The molecule has 0 amide bonds. The van der Waals surface area contributed by atoms with Crippen molar-refractivity contribution >= 4 is 0 Å². The standard InChI is InChI=1S/C15H15FO4/c1-15(19-6-7-20-15)11-8-14(17-9-11)10-18-13-4-2-12(16)3-5-13/h2-5,8-9H,6-7,10H2,1H3. The van der Waals surface area contributed by atoms with Gasteiger partial charge in [0.2, 0.25) is 0 Å². The lowest BCUT2D eigenvalue weighted by atomic mass is 10.1. The van der Waals surface area contributed by atoms with Crippen molar-refractivity contribution < 1.29 is 23.0 Å². The SMILES string of the molecule is CC1(c2coc(COc3ccc(F)cc3)c2)OCCO1. The lowest BCUT2D eigenvalue weighted by Crippen LogP contribution is -2.21. The number of halogens is 1. The molecule has 1 aliphatic rings. The monoisotopic (exact) mass is 278 g/mol. The summed E-state index contributed by atoms with van der Waals surface area (Å²) in [7, 11) is 0. The largest absolute Gasteiger partial charge is 0.486 e. The molecule has 1 aliphatic heterocycles. The average Bonchev–Trinajstić information content (AvgIpc) is 3.08. The van der Waals surface area contributed by atoms with Gasteiger partial charge in [-0.3, -0.25) is 0 Å². The van der Waals surface area contributed by atoms with Crippen LogP contribution in [-0.2, 0) is 21.9 Å². The van der Waals surface area contributed by atoms with E-state index >= 15 is 0 Å². The van der Waals surface area contributed by atoms with Crippen molar-refractivity contribution in [2.24, 2.45) is 0 Å². The third kappa shape index (κ3) is 2.69. The molecule has 0 unspecified atom stereocenters. The average molecular weight is 278 g/mol. The number of benzene rings is 1. The Hall–Kier alpha value is -1.85. The second-order valence-corrected chi connectivity index (χ2v) is 4.69. The number of hydrogen-bond acceptors (Lipinski definition) is 4. The van der Waals surface area contributed by atoms with Gasteiger partial charge in [0.1, 0.15) is 23.9 Å². The van der Waals surface area contributed by atoms with Gasteiger partial charge in [0.25, 0.3) is 0 Å². The van der Waals surface area contributed by atoms with E-state index in [1.807, 2.05) is 13.0 Å². The smallest absolute Gasteiger partial charge is 0.195 e. The summed E-state index contributed by atoms with van der Waals surface area (Å²) in [5, 5.41) is 0. The molecule has 2 heterocycles. The zero-order chi connectivity index (χ0) is 14.0. The van der Waals surface area contributed by atoms with Crippen molar-refractivity contribution in [3.63, 3.8) is 0 Å². The minimum Gasteiger partial charge on any atom is -0.486 e. The van der Waals surface area contributed by atoms with Gasteiger partial charge in [0.05, 0.1) is 19.5 Å². The Kier molecular flexibility index (Phi) is 3.46. The molecule has 0 saturated carbocycles. The van der Waals surface area contributed by atoms with Crippen molar-refractivity contribution in [3.05, 3.63) is 53.7 Å². The molecule has 0 bridgehead atoms.